The van der Waals surface area contributed by atoms with Crippen molar-refractivity contribution in [1.82, 2.24) is 5.32 Å². The van der Waals surface area contributed by atoms with Gasteiger partial charge in [0.05, 0.1) is 0 Å². The Hall–Kier alpha value is -2.28. The van der Waals surface area contributed by atoms with Crippen LogP contribution in [0.15, 0.2) is 39.4 Å². The molecular weight excluding hydrogens is 422 g/mol. The molecule has 1 fully saturated rings. The van der Waals surface area contributed by atoms with Crippen molar-refractivity contribution in [3.8, 4) is 0 Å². The molecule has 2 aromatic rings. The van der Waals surface area contributed by atoms with Crippen molar-refractivity contribution >= 4 is 39.1 Å². The molecular formula is C21H26BrN3O3. The highest BCUT2D eigenvalue weighted by Crippen LogP contribution is 2.24. The number of nitrogens with zero attached hydrogens (tertiary/aromatic N) is 1. The molecule has 3 rings (SSSR count). The Morgan fingerprint density at radius 1 is 1.25 bits per heavy atom. The van der Waals surface area contributed by atoms with Gasteiger partial charge in [0, 0.05) is 30.0 Å². The Morgan fingerprint density at radius 2 is 2.00 bits per heavy atom. The number of hydrogen-bond acceptors (Lipinski definition) is 4. The number of furan rings is 1. The smallest absolute Gasteiger partial charge is 0.287 e. The van der Waals surface area contributed by atoms with E-state index in [1.807, 2.05) is 25.1 Å². The van der Waals surface area contributed by atoms with Gasteiger partial charge in [0.25, 0.3) is 5.91 Å². The molecule has 1 atom stereocenters. The van der Waals surface area contributed by atoms with Gasteiger partial charge in [0.2, 0.25) is 5.91 Å². The van der Waals surface area contributed by atoms with Crippen LogP contribution in [0.3, 0.4) is 0 Å². The molecule has 0 bridgehead atoms. The quantitative estimate of drug-likeness (QED) is 0.655. The van der Waals surface area contributed by atoms with Crippen LogP contribution in [0.5, 0.6) is 0 Å². The highest BCUT2D eigenvalue weighted by atomic mass is 79.9. The molecule has 1 aliphatic rings. The van der Waals surface area contributed by atoms with Crippen molar-refractivity contribution in [2.75, 3.05) is 23.3 Å². The van der Waals surface area contributed by atoms with Crippen LogP contribution in [0.1, 0.15) is 48.7 Å². The maximum absolute atomic E-state index is 12.8. The largest absolute Gasteiger partial charge is 0.444 e. The number of halogens is 1. The molecule has 1 unspecified atom stereocenters. The minimum atomic E-state index is -0.629. The summed E-state index contributed by atoms with van der Waals surface area (Å²) >= 11 is 3.23. The van der Waals surface area contributed by atoms with E-state index in [1.165, 1.54) is 12.8 Å². The van der Waals surface area contributed by atoms with Crippen LogP contribution in [0.4, 0.5) is 11.4 Å². The molecule has 2 heterocycles. The molecule has 0 aliphatic carbocycles. The first-order valence-electron chi connectivity index (χ1n) is 9.70. The Morgan fingerprint density at radius 3 is 2.64 bits per heavy atom. The van der Waals surface area contributed by atoms with E-state index in [0.29, 0.717) is 11.1 Å². The van der Waals surface area contributed by atoms with Gasteiger partial charge in [0.1, 0.15) is 6.04 Å². The summed E-state index contributed by atoms with van der Waals surface area (Å²) in [5.74, 6) is -0.392. The Kier molecular flexibility index (Phi) is 6.78. The third-order valence-electron chi connectivity index (χ3n) is 4.88. The zero-order valence-electron chi connectivity index (χ0n) is 16.3. The number of amides is 2. The lowest BCUT2D eigenvalue weighted by Gasteiger charge is -2.20. The molecule has 0 radical (unpaired) electrons. The van der Waals surface area contributed by atoms with E-state index in [9.17, 15) is 9.59 Å². The van der Waals surface area contributed by atoms with Crippen LogP contribution in [0.2, 0.25) is 0 Å². The standard InChI is InChI=1S/C21H26BrN3O3/c1-3-7-17(24-21(27)19-14(2)12-18(22)28-19)20(26)23-15-8-6-9-16(13-15)25-10-4-5-11-25/h6,8-9,12-13,17H,3-5,7,10-11H2,1-2H3,(H,23,26)(H,24,27). The lowest BCUT2D eigenvalue weighted by Crippen LogP contribution is -2.43. The van der Waals surface area contributed by atoms with Crippen molar-refractivity contribution in [3.05, 3.63) is 46.3 Å². The second kappa shape index (κ2) is 9.28. The van der Waals surface area contributed by atoms with Gasteiger partial charge in [-0.15, -0.1) is 0 Å². The third-order valence-corrected chi connectivity index (χ3v) is 5.27. The van der Waals surface area contributed by atoms with E-state index in [4.69, 9.17) is 4.42 Å². The number of rotatable bonds is 7. The number of hydrogen-bond donors (Lipinski definition) is 2. The highest BCUT2D eigenvalue weighted by Gasteiger charge is 2.24. The van der Waals surface area contributed by atoms with Crippen LogP contribution in [-0.4, -0.2) is 30.9 Å². The second-order valence-corrected chi connectivity index (χ2v) is 7.89. The Balaban J connectivity index is 1.68. The van der Waals surface area contributed by atoms with Gasteiger partial charge < -0.3 is 20.0 Å². The van der Waals surface area contributed by atoms with Gasteiger partial charge in [-0.25, -0.2) is 0 Å². The molecule has 1 aromatic heterocycles. The highest BCUT2D eigenvalue weighted by molar-refractivity contribution is 9.10. The van der Waals surface area contributed by atoms with Crippen LogP contribution in [0, 0.1) is 6.92 Å². The van der Waals surface area contributed by atoms with E-state index in [0.717, 1.165) is 36.4 Å². The molecule has 2 amide bonds. The number of carbonyl (C=O) groups is 2. The first-order valence-corrected chi connectivity index (χ1v) is 10.5. The maximum atomic E-state index is 12.8. The zero-order chi connectivity index (χ0) is 20.1. The van der Waals surface area contributed by atoms with Gasteiger partial charge in [-0.3, -0.25) is 9.59 Å². The summed E-state index contributed by atoms with van der Waals surface area (Å²) in [4.78, 5) is 27.7. The SMILES string of the molecule is CCCC(NC(=O)c1oc(Br)cc1C)C(=O)Nc1cccc(N2CCCC2)c1. The number of carbonyl (C=O) groups excluding carboxylic acids is 2. The first kappa shape index (κ1) is 20.5. The van der Waals surface area contributed by atoms with E-state index in [2.05, 4.69) is 37.5 Å². The molecule has 1 saturated heterocycles. The van der Waals surface area contributed by atoms with Crippen molar-refractivity contribution in [2.24, 2.45) is 0 Å². The molecule has 6 nitrogen and oxygen atoms in total. The molecule has 7 heteroatoms. The number of aryl methyl sites for hydroxylation is 1. The summed E-state index contributed by atoms with van der Waals surface area (Å²) in [6.45, 7) is 5.87. The number of nitrogens with one attached hydrogen (secondary N) is 2. The van der Waals surface area contributed by atoms with E-state index in [1.54, 1.807) is 13.0 Å². The van der Waals surface area contributed by atoms with E-state index >= 15 is 0 Å². The van der Waals surface area contributed by atoms with Crippen LogP contribution in [0.25, 0.3) is 0 Å². The van der Waals surface area contributed by atoms with Crippen molar-refractivity contribution < 1.29 is 14.0 Å². The van der Waals surface area contributed by atoms with Gasteiger partial charge in [-0.05, 0) is 66.4 Å². The second-order valence-electron chi connectivity index (χ2n) is 7.11. The number of benzene rings is 1. The van der Waals surface area contributed by atoms with Crippen molar-refractivity contribution in [3.63, 3.8) is 0 Å². The molecule has 28 heavy (non-hydrogen) atoms. The first-order chi connectivity index (χ1) is 13.5. The van der Waals surface area contributed by atoms with E-state index in [-0.39, 0.29) is 17.6 Å². The summed E-state index contributed by atoms with van der Waals surface area (Å²) < 4.78 is 5.88. The molecule has 0 spiro atoms. The summed E-state index contributed by atoms with van der Waals surface area (Å²) in [6.07, 6.45) is 3.71. The van der Waals surface area contributed by atoms with Gasteiger partial charge in [0.15, 0.2) is 10.4 Å². The molecule has 1 aromatic carbocycles. The van der Waals surface area contributed by atoms with Crippen molar-refractivity contribution in [2.45, 2.75) is 45.6 Å². The molecule has 1 aliphatic heterocycles. The van der Waals surface area contributed by atoms with Crippen LogP contribution in [-0.2, 0) is 4.79 Å². The van der Waals surface area contributed by atoms with Crippen LogP contribution < -0.4 is 15.5 Å². The maximum Gasteiger partial charge on any atom is 0.287 e. The summed E-state index contributed by atoms with van der Waals surface area (Å²) in [5.41, 5.74) is 2.57. The average Bonchev–Trinajstić information content (AvgIpc) is 3.31. The molecule has 0 saturated carbocycles. The minimum Gasteiger partial charge on any atom is -0.444 e. The van der Waals surface area contributed by atoms with Crippen molar-refractivity contribution in [1.29, 1.82) is 0 Å². The van der Waals surface area contributed by atoms with Gasteiger partial charge >= 0.3 is 0 Å². The van der Waals surface area contributed by atoms with Gasteiger partial charge in [-0.1, -0.05) is 19.4 Å². The summed E-state index contributed by atoms with van der Waals surface area (Å²) in [6, 6.07) is 8.96. The normalized spacial score (nSPS) is 14.8. The molecule has 2 N–H and O–H groups in total. The van der Waals surface area contributed by atoms with Crippen LogP contribution >= 0.6 is 15.9 Å². The predicted molar refractivity (Wildman–Crippen MR) is 114 cm³/mol. The lowest BCUT2D eigenvalue weighted by molar-refractivity contribution is -0.118. The summed E-state index contributed by atoms with van der Waals surface area (Å²) in [7, 11) is 0. The third kappa shape index (κ3) is 4.95. The monoisotopic (exact) mass is 447 g/mol. The van der Waals surface area contributed by atoms with Gasteiger partial charge in [-0.2, -0.15) is 0 Å². The fourth-order valence-corrected chi connectivity index (χ4v) is 3.94. The fraction of sp³-hybridized carbons (Fsp3) is 0.429. The Bertz CT molecular complexity index is 843. The zero-order valence-corrected chi connectivity index (χ0v) is 17.8. The molecule has 150 valence electrons. The predicted octanol–water partition coefficient (Wildman–Crippen LogP) is 4.49. The number of anilines is 2. The topological polar surface area (TPSA) is 74.6 Å². The fourth-order valence-electron chi connectivity index (χ4n) is 3.43. The summed E-state index contributed by atoms with van der Waals surface area (Å²) in [5, 5.41) is 5.75. The minimum absolute atomic E-state index is 0.219. The van der Waals surface area contributed by atoms with E-state index < -0.39 is 6.04 Å². The lowest BCUT2D eigenvalue weighted by atomic mass is 10.1. The average molecular weight is 448 g/mol. The Labute approximate surface area is 173 Å².